The molecule has 0 aliphatic heterocycles. The summed E-state index contributed by atoms with van der Waals surface area (Å²) in [5.41, 5.74) is 8.89. The van der Waals surface area contributed by atoms with Gasteiger partial charge in [-0.25, -0.2) is 0 Å². The van der Waals surface area contributed by atoms with Gasteiger partial charge in [-0.05, 0) is 46.2 Å². The zero-order valence-corrected chi connectivity index (χ0v) is 13.1. The fourth-order valence-electron chi connectivity index (χ4n) is 2.13. The Labute approximate surface area is 127 Å². The molecule has 0 bridgehead atoms. The van der Waals surface area contributed by atoms with Crippen molar-refractivity contribution in [1.82, 2.24) is 10.3 Å². The molecule has 1 unspecified atom stereocenters. The van der Waals surface area contributed by atoms with Crippen molar-refractivity contribution in [2.75, 3.05) is 19.4 Å². The first-order valence-electron chi connectivity index (χ1n) is 6.43. The Morgan fingerprint density at radius 3 is 2.80 bits per heavy atom. The van der Waals surface area contributed by atoms with Crippen LogP contribution in [0.15, 0.2) is 41.1 Å². The van der Waals surface area contributed by atoms with E-state index in [1.165, 1.54) is 0 Å². The first-order valence-corrected chi connectivity index (χ1v) is 7.22. The van der Waals surface area contributed by atoms with Crippen LogP contribution >= 0.6 is 15.9 Å². The van der Waals surface area contributed by atoms with Crippen LogP contribution in [0.3, 0.4) is 0 Å². The number of hydrogen-bond donors (Lipinski definition) is 2. The lowest BCUT2D eigenvalue weighted by Gasteiger charge is -2.21. The second-order valence-corrected chi connectivity index (χ2v) is 5.24. The minimum atomic E-state index is 0.0101. The number of pyridine rings is 1. The average molecular weight is 336 g/mol. The van der Waals surface area contributed by atoms with Gasteiger partial charge in [0.1, 0.15) is 5.75 Å². The number of halogens is 1. The van der Waals surface area contributed by atoms with Gasteiger partial charge in [0.15, 0.2) is 0 Å². The van der Waals surface area contributed by atoms with Crippen molar-refractivity contribution in [2.24, 2.45) is 0 Å². The van der Waals surface area contributed by atoms with Crippen molar-refractivity contribution < 1.29 is 4.74 Å². The molecular weight excluding hydrogens is 318 g/mol. The molecule has 2 aromatic rings. The minimum absolute atomic E-state index is 0.0101. The van der Waals surface area contributed by atoms with Crippen LogP contribution in [0.4, 0.5) is 5.69 Å². The normalized spacial score (nSPS) is 12.2. The summed E-state index contributed by atoms with van der Waals surface area (Å²) in [7, 11) is 1.65. The highest BCUT2D eigenvalue weighted by molar-refractivity contribution is 9.10. The third kappa shape index (κ3) is 3.11. The lowest BCUT2D eigenvalue weighted by atomic mass is 9.98. The summed E-state index contributed by atoms with van der Waals surface area (Å²) in [5, 5.41) is 3.44. The maximum Gasteiger partial charge on any atom is 0.133 e. The predicted molar refractivity (Wildman–Crippen MR) is 84.9 cm³/mol. The van der Waals surface area contributed by atoms with Crippen LogP contribution in [-0.2, 0) is 0 Å². The van der Waals surface area contributed by atoms with E-state index < -0.39 is 0 Å². The Kier molecular flexibility index (Phi) is 4.98. The summed E-state index contributed by atoms with van der Waals surface area (Å²) < 4.78 is 6.18. The lowest BCUT2D eigenvalue weighted by Crippen LogP contribution is -2.23. The van der Waals surface area contributed by atoms with Crippen molar-refractivity contribution in [3.63, 3.8) is 0 Å². The van der Waals surface area contributed by atoms with Crippen LogP contribution in [0, 0.1) is 0 Å². The van der Waals surface area contributed by atoms with Crippen LogP contribution in [0.1, 0.15) is 24.1 Å². The van der Waals surface area contributed by atoms with E-state index in [1.54, 1.807) is 19.5 Å². The molecular formula is C15H18BrN3O. The van der Waals surface area contributed by atoms with Crippen LogP contribution in [0.2, 0.25) is 0 Å². The Bertz CT molecular complexity index is 589. The molecule has 0 saturated heterocycles. The second-order valence-electron chi connectivity index (χ2n) is 4.39. The molecule has 4 nitrogen and oxygen atoms in total. The molecule has 2 rings (SSSR count). The summed E-state index contributed by atoms with van der Waals surface area (Å²) in [4.78, 5) is 4.17. The molecule has 0 spiro atoms. The van der Waals surface area contributed by atoms with Crippen molar-refractivity contribution in [3.8, 4) is 5.75 Å². The Balaban J connectivity index is 2.43. The van der Waals surface area contributed by atoms with Crippen LogP contribution < -0.4 is 15.8 Å². The van der Waals surface area contributed by atoms with Crippen molar-refractivity contribution in [1.29, 1.82) is 0 Å². The van der Waals surface area contributed by atoms with E-state index >= 15 is 0 Å². The number of hydrogen-bond acceptors (Lipinski definition) is 4. The van der Waals surface area contributed by atoms with Crippen molar-refractivity contribution in [2.45, 2.75) is 13.0 Å². The van der Waals surface area contributed by atoms with Gasteiger partial charge in [0.25, 0.3) is 0 Å². The molecule has 1 atom stereocenters. The highest BCUT2D eigenvalue weighted by Gasteiger charge is 2.17. The number of aromatic nitrogens is 1. The quantitative estimate of drug-likeness (QED) is 0.881. The SMILES string of the molecule is CCNC(c1ccc(OC)c(Br)c1)c1cnccc1N. The molecule has 0 radical (unpaired) electrons. The fourth-order valence-corrected chi connectivity index (χ4v) is 2.69. The van der Waals surface area contributed by atoms with E-state index in [2.05, 4.69) is 33.2 Å². The van der Waals surface area contributed by atoms with Gasteiger partial charge in [-0.1, -0.05) is 13.0 Å². The molecule has 106 valence electrons. The number of nitrogens with two attached hydrogens (primary N) is 1. The number of methoxy groups -OCH3 is 1. The molecule has 0 amide bonds. The highest BCUT2D eigenvalue weighted by atomic mass is 79.9. The minimum Gasteiger partial charge on any atom is -0.496 e. The molecule has 1 heterocycles. The number of benzene rings is 1. The Hall–Kier alpha value is -1.59. The Morgan fingerprint density at radius 1 is 1.40 bits per heavy atom. The molecule has 0 aliphatic rings. The second kappa shape index (κ2) is 6.72. The molecule has 0 aliphatic carbocycles. The first-order chi connectivity index (χ1) is 9.67. The fraction of sp³-hybridized carbons (Fsp3) is 0.267. The lowest BCUT2D eigenvalue weighted by molar-refractivity contribution is 0.412. The first kappa shape index (κ1) is 14.8. The Morgan fingerprint density at radius 2 is 2.20 bits per heavy atom. The third-order valence-electron chi connectivity index (χ3n) is 3.12. The predicted octanol–water partition coefficient (Wildman–Crippen LogP) is 3.13. The summed E-state index contributed by atoms with van der Waals surface area (Å²) >= 11 is 3.52. The van der Waals surface area contributed by atoms with E-state index in [0.29, 0.717) is 0 Å². The summed E-state index contributed by atoms with van der Waals surface area (Å²) in [6.07, 6.45) is 3.51. The van der Waals surface area contributed by atoms with Gasteiger partial charge in [0.05, 0.1) is 17.6 Å². The average Bonchev–Trinajstić information content (AvgIpc) is 2.46. The van der Waals surface area contributed by atoms with E-state index in [1.807, 2.05) is 24.3 Å². The van der Waals surface area contributed by atoms with Gasteiger partial charge in [0.2, 0.25) is 0 Å². The number of nitrogens with one attached hydrogen (secondary N) is 1. The van der Waals surface area contributed by atoms with Gasteiger partial charge in [-0.15, -0.1) is 0 Å². The molecule has 3 N–H and O–H groups in total. The smallest absolute Gasteiger partial charge is 0.133 e. The van der Waals surface area contributed by atoms with E-state index in [0.717, 1.165) is 33.6 Å². The van der Waals surface area contributed by atoms with Gasteiger partial charge < -0.3 is 15.8 Å². The van der Waals surface area contributed by atoms with E-state index in [9.17, 15) is 0 Å². The standard InChI is InChI=1S/C15H18BrN3O/c1-3-19-15(11-9-18-7-6-13(11)17)10-4-5-14(20-2)12(16)8-10/h4-9,15,19H,3H2,1-2H3,(H2,17,18). The molecule has 20 heavy (non-hydrogen) atoms. The zero-order chi connectivity index (χ0) is 14.5. The van der Waals surface area contributed by atoms with Crippen LogP contribution in [0.5, 0.6) is 5.75 Å². The third-order valence-corrected chi connectivity index (χ3v) is 3.74. The maximum absolute atomic E-state index is 6.07. The maximum atomic E-state index is 6.07. The molecule has 1 aromatic heterocycles. The van der Waals surface area contributed by atoms with Gasteiger partial charge in [-0.2, -0.15) is 0 Å². The summed E-state index contributed by atoms with van der Waals surface area (Å²) in [5.74, 6) is 0.808. The number of anilines is 1. The highest BCUT2D eigenvalue weighted by Crippen LogP contribution is 2.32. The topological polar surface area (TPSA) is 60.2 Å². The number of rotatable bonds is 5. The monoisotopic (exact) mass is 335 g/mol. The molecule has 0 fully saturated rings. The number of ether oxygens (including phenoxy) is 1. The van der Waals surface area contributed by atoms with Gasteiger partial charge in [0, 0.05) is 23.6 Å². The van der Waals surface area contributed by atoms with Crippen LogP contribution in [0.25, 0.3) is 0 Å². The van der Waals surface area contributed by atoms with Crippen molar-refractivity contribution in [3.05, 3.63) is 52.3 Å². The zero-order valence-electron chi connectivity index (χ0n) is 11.6. The largest absolute Gasteiger partial charge is 0.496 e. The van der Waals surface area contributed by atoms with E-state index in [4.69, 9.17) is 10.5 Å². The molecule has 5 heteroatoms. The summed E-state index contributed by atoms with van der Waals surface area (Å²) in [6, 6.07) is 7.84. The van der Waals surface area contributed by atoms with Crippen LogP contribution in [-0.4, -0.2) is 18.6 Å². The van der Waals surface area contributed by atoms with Crippen molar-refractivity contribution >= 4 is 21.6 Å². The number of nitrogen functional groups attached to an aromatic ring is 1. The van der Waals surface area contributed by atoms with Gasteiger partial charge >= 0.3 is 0 Å². The summed E-state index contributed by atoms with van der Waals surface area (Å²) in [6.45, 7) is 2.90. The molecule has 1 aromatic carbocycles. The number of nitrogens with zero attached hydrogens (tertiary/aromatic N) is 1. The van der Waals surface area contributed by atoms with Gasteiger partial charge in [-0.3, -0.25) is 4.98 Å². The van der Waals surface area contributed by atoms with E-state index in [-0.39, 0.29) is 6.04 Å². The molecule has 0 saturated carbocycles.